The maximum Gasteiger partial charge on any atom is 0.343 e. The third kappa shape index (κ3) is 4.50. The molecule has 1 aliphatic rings. The molecule has 1 unspecified atom stereocenters. The summed E-state index contributed by atoms with van der Waals surface area (Å²) in [4.78, 5) is 24.1. The number of rotatable bonds is 5. The Balaban J connectivity index is 1.65. The number of sulfone groups is 1. The maximum atomic E-state index is 13.7. The molecule has 11 heteroatoms. The number of carbonyl (C=O) groups is 2. The van der Waals surface area contributed by atoms with Gasteiger partial charge in [0.05, 0.1) is 28.3 Å². The van der Waals surface area contributed by atoms with Crippen molar-refractivity contribution in [2.45, 2.75) is 19.4 Å². The topological polar surface area (TPSA) is 107 Å². The molecule has 0 radical (unpaired) electrons. The van der Waals surface area contributed by atoms with Crippen LogP contribution < -0.4 is 5.32 Å². The SMILES string of the molecule is Cc1cc(NC(=O)COC(=O)c2c(F)cccc2Cl)n(C2CCS(=O)(=O)C2)n1. The average Bonchev–Trinajstić information content (AvgIpc) is 3.14. The van der Waals surface area contributed by atoms with Crippen LogP contribution in [0.2, 0.25) is 5.02 Å². The summed E-state index contributed by atoms with van der Waals surface area (Å²) >= 11 is 5.79. The molecule has 1 aromatic carbocycles. The largest absolute Gasteiger partial charge is 0.452 e. The van der Waals surface area contributed by atoms with Crippen molar-refractivity contribution in [3.8, 4) is 0 Å². The van der Waals surface area contributed by atoms with E-state index in [1.807, 2.05) is 0 Å². The number of ether oxygens (including phenoxy) is 1. The van der Waals surface area contributed by atoms with Gasteiger partial charge >= 0.3 is 5.97 Å². The quantitative estimate of drug-likeness (QED) is 0.729. The Bertz CT molecular complexity index is 1020. The van der Waals surface area contributed by atoms with Gasteiger partial charge in [-0.3, -0.25) is 4.79 Å². The second kappa shape index (κ2) is 7.88. The van der Waals surface area contributed by atoms with Gasteiger partial charge < -0.3 is 10.1 Å². The number of nitrogens with zero attached hydrogens (tertiary/aromatic N) is 2. The highest BCUT2D eigenvalue weighted by Gasteiger charge is 2.31. The van der Waals surface area contributed by atoms with Crippen molar-refractivity contribution in [3.05, 3.63) is 46.4 Å². The summed E-state index contributed by atoms with van der Waals surface area (Å²) in [6, 6.07) is 4.93. The standard InChI is InChI=1S/C17H17ClFN3O5S/c1-10-7-14(22(21-10)11-5-6-28(25,26)9-11)20-15(23)8-27-17(24)16-12(18)3-2-4-13(16)19/h2-4,7,11H,5-6,8-9H2,1H3,(H,20,23). The summed E-state index contributed by atoms with van der Waals surface area (Å²) in [6.07, 6.45) is 0.396. The molecule has 0 saturated carbocycles. The van der Waals surface area contributed by atoms with Gasteiger partial charge in [-0.2, -0.15) is 5.10 Å². The summed E-state index contributed by atoms with van der Waals surface area (Å²) in [5.41, 5.74) is 0.142. The lowest BCUT2D eigenvalue weighted by molar-refractivity contribution is -0.119. The fourth-order valence-corrected chi connectivity index (χ4v) is 4.86. The maximum absolute atomic E-state index is 13.7. The second-order valence-electron chi connectivity index (χ2n) is 6.39. The predicted octanol–water partition coefficient (Wildman–Crippen LogP) is 2.14. The second-order valence-corrected chi connectivity index (χ2v) is 9.03. The van der Waals surface area contributed by atoms with Gasteiger partial charge in [0.2, 0.25) is 0 Å². The van der Waals surface area contributed by atoms with Crippen molar-refractivity contribution in [2.75, 3.05) is 23.4 Å². The summed E-state index contributed by atoms with van der Waals surface area (Å²) < 4.78 is 43.4. The van der Waals surface area contributed by atoms with Crippen molar-refractivity contribution in [3.63, 3.8) is 0 Å². The smallest absolute Gasteiger partial charge is 0.343 e. The van der Waals surface area contributed by atoms with Crippen LogP contribution in [0.3, 0.4) is 0 Å². The normalized spacial score (nSPS) is 18.0. The van der Waals surface area contributed by atoms with Crippen molar-refractivity contribution in [2.24, 2.45) is 0 Å². The van der Waals surface area contributed by atoms with Gasteiger partial charge in [-0.15, -0.1) is 0 Å². The molecule has 1 N–H and O–H groups in total. The molecule has 1 saturated heterocycles. The number of amides is 1. The molecule has 1 fully saturated rings. The van der Waals surface area contributed by atoms with E-state index in [0.717, 1.165) is 6.07 Å². The van der Waals surface area contributed by atoms with Crippen LogP contribution in [0.5, 0.6) is 0 Å². The van der Waals surface area contributed by atoms with Gasteiger partial charge in [0.1, 0.15) is 17.2 Å². The van der Waals surface area contributed by atoms with E-state index >= 15 is 0 Å². The number of nitrogens with one attached hydrogen (secondary N) is 1. The van der Waals surface area contributed by atoms with Crippen molar-refractivity contribution < 1.29 is 27.1 Å². The molecule has 150 valence electrons. The van der Waals surface area contributed by atoms with Crippen LogP contribution in [0.4, 0.5) is 10.2 Å². The summed E-state index contributed by atoms with van der Waals surface area (Å²) in [7, 11) is -3.13. The van der Waals surface area contributed by atoms with Crippen LogP contribution in [0.25, 0.3) is 0 Å². The number of aryl methyl sites for hydroxylation is 1. The molecule has 1 aliphatic heterocycles. The zero-order valence-corrected chi connectivity index (χ0v) is 16.4. The molecule has 8 nitrogen and oxygen atoms in total. The van der Waals surface area contributed by atoms with E-state index in [0.29, 0.717) is 17.9 Å². The molecule has 28 heavy (non-hydrogen) atoms. The molecule has 1 aromatic heterocycles. The van der Waals surface area contributed by atoms with Gasteiger partial charge in [0.15, 0.2) is 16.4 Å². The van der Waals surface area contributed by atoms with Crippen molar-refractivity contribution in [1.82, 2.24) is 9.78 Å². The van der Waals surface area contributed by atoms with Crippen LogP contribution in [0, 0.1) is 12.7 Å². The number of aromatic nitrogens is 2. The van der Waals surface area contributed by atoms with Crippen molar-refractivity contribution in [1.29, 1.82) is 0 Å². The zero-order chi connectivity index (χ0) is 20.5. The van der Waals surface area contributed by atoms with E-state index < -0.39 is 39.7 Å². The highest BCUT2D eigenvalue weighted by atomic mass is 35.5. The minimum Gasteiger partial charge on any atom is -0.452 e. The van der Waals surface area contributed by atoms with Gasteiger partial charge in [-0.1, -0.05) is 17.7 Å². The number of esters is 1. The number of hydrogen-bond donors (Lipinski definition) is 1. The van der Waals surface area contributed by atoms with Crippen molar-refractivity contribution >= 4 is 39.1 Å². The van der Waals surface area contributed by atoms with Crippen LogP contribution in [-0.4, -0.2) is 48.2 Å². The summed E-state index contributed by atoms with van der Waals surface area (Å²) in [5.74, 6) is -2.30. The van der Waals surface area contributed by atoms with E-state index in [-0.39, 0.29) is 22.6 Å². The lowest BCUT2D eigenvalue weighted by Crippen LogP contribution is -2.24. The molecule has 3 rings (SSSR count). The Morgan fingerprint density at radius 3 is 2.82 bits per heavy atom. The Labute approximate surface area is 165 Å². The predicted molar refractivity (Wildman–Crippen MR) is 99.6 cm³/mol. The minimum absolute atomic E-state index is 0.0578. The summed E-state index contributed by atoms with van der Waals surface area (Å²) in [5, 5.41) is 6.65. The van der Waals surface area contributed by atoms with Gasteiger partial charge in [-0.25, -0.2) is 22.3 Å². The number of anilines is 1. The van der Waals surface area contributed by atoms with Gasteiger partial charge in [-0.05, 0) is 25.5 Å². The van der Waals surface area contributed by atoms with E-state index in [1.54, 1.807) is 13.0 Å². The molecule has 2 heterocycles. The molecule has 0 bridgehead atoms. The van der Waals surface area contributed by atoms with E-state index in [1.165, 1.54) is 16.8 Å². The lowest BCUT2D eigenvalue weighted by Gasteiger charge is -2.14. The molecule has 1 atom stereocenters. The third-order valence-electron chi connectivity index (χ3n) is 4.18. The highest BCUT2D eigenvalue weighted by Crippen LogP contribution is 2.27. The van der Waals surface area contributed by atoms with Crippen LogP contribution in [0.15, 0.2) is 24.3 Å². The van der Waals surface area contributed by atoms with Crippen LogP contribution in [-0.2, 0) is 19.4 Å². The fraction of sp³-hybridized carbons (Fsp3) is 0.353. The fourth-order valence-electron chi connectivity index (χ4n) is 2.93. The molecular formula is C17H17ClFN3O5S. The van der Waals surface area contributed by atoms with Crippen LogP contribution in [0.1, 0.15) is 28.5 Å². The monoisotopic (exact) mass is 429 g/mol. The van der Waals surface area contributed by atoms with Crippen LogP contribution >= 0.6 is 11.6 Å². The Morgan fingerprint density at radius 1 is 1.43 bits per heavy atom. The summed E-state index contributed by atoms with van der Waals surface area (Å²) in [6.45, 7) is 1.03. The first kappa shape index (κ1) is 20.3. The Kier molecular flexibility index (Phi) is 5.71. The average molecular weight is 430 g/mol. The first-order valence-electron chi connectivity index (χ1n) is 8.34. The number of carbonyl (C=O) groups excluding carboxylic acids is 2. The molecular weight excluding hydrogens is 413 g/mol. The zero-order valence-electron chi connectivity index (χ0n) is 14.8. The lowest BCUT2D eigenvalue weighted by atomic mass is 10.2. The molecule has 0 spiro atoms. The Morgan fingerprint density at radius 2 is 2.18 bits per heavy atom. The van der Waals surface area contributed by atoms with E-state index in [9.17, 15) is 22.4 Å². The van der Waals surface area contributed by atoms with E-state index in [2.05, 4.69) is 10.4 Å². The minimum atomic E-state index is -3.13. The molecule has 2 aromatic rings. The first-order chi connectivity index (χ1) is 13.2. The third-order valence-corrected chi connectivity index (χ3v) is 6.25. The highest BCUT2D eigenvalue weighted by molar-refractivity contribution is 7.91. The Hall–Kier alpha value is -2.46. The number of benzene rings is 1. The molecule has 0 aliphatic carbocycles. The number of hydrogen-bond acceptors (Lipinski definition) is 6. The molecule has 1 amide bonds. The van der Waals surface area contributed by atoms with Gasteiger partial charge in [0, 0.05) is 6.07 Å². The van der Waals surface area contributed by atoms with E-state index in [4.69, 9.17) is 16.3 Å². The first-order valence-corrected chi connectivity index (χ1v) is 10.5. The van der Waals surface area contributed by atoms with Gasteiger partial charge in [0.25, 0.3) is 5.91 Å². The number of halogens is 2.